The van der Waals surface area contributed by atoms with Gasteiger partial charge in [0.05, 0.1) is 10.6 Å². The Hall–Kier alpha value is -1.57. The van der Waals surface area contributed by atoms with Gasteiger partial charge in [0, 0.05) is 12.5 Å². The van der Waals surface area contributed by atoms with Gasteiger partial charge in [-0.2, -0.15) is 8.42 Å². The molecule has 1 N–H and O–H groups in total. The van der Waals surface area contributed by atoms with Crippen LogP contribution in [0.1, 0.15) is 16.6 Å². The van der Waals surface area contributed by atoms with Crippen LogP contribution in [-0.4, -0.2) is 23.7 Å². The Morgan fingerprint density at radius 1 is 1.28 bits per heavy atom. The van der Waals surface area contributed by atoms with Crippen molar-refractivity contribution in [2.45, 2.75) is 11.3 Å². The van der Waals surface area contributed by atoms with E-state index in [1.165, 1.54) is 6.92 Å². The summed E-state index contributed by atoms with van der Waals surface area (Å²) in [5.74, 6) is -0.291. The van der Waals surface area contributed by atoms with Crippen LogP contribution in [0.4, 0.5) is 0 Å². The van der Waals surface area contributed by atoms with E-state index in [0.717, 1.165) is 0 Å². The van der Waals surface area contributed by atoms with Gasteiger partial charge in [-0.25, -0.2) is 4.98 Å². The minimum Gasteiger partial charge on any atom is -0.294 e. The molecular formula is C11H9NO4S2. The van der Waals surface area contributed by atoms with E-state index < -0.39 is 14.5 Å². The fraction of sp³-hybridized carbons (Fsp3) is 0.0909. The normalized spacial score (nSPS) is 11.4. The molecule has 2 rings (SSSR count). The SMILES string of the molecule is CC(=O)c1sc(S(=O)(=O)O)nc1-c1ccccc1. The molecule has 0 unspecified atom stereocenters. The average molecular weight is 283 g/mol. The number of thiazole rings is 1. The number of rotatable bonds is 3. The summed E-state index contributed by atoms with van der Waals surface area (Å²) in [7, 11) is -4.39. The van der Waals surface area contributed by atoms with Gasteiger partial charge in [-0.1, -0.05) is 41.7 Å². The molecule has 1 aromatic carbocycles. The quantitative estimate of drug-likeness (QED) is 0.690. The van der Waals surface area contributed by atoms with Crippen LogP contribution in [0.3, 0.4) is 0 Å². The Bertz CT molecular complexity index is 689. The maximum Gasteiger partial charge on any atom is 0.322 e. The van der Waals surface area contributed by atoms with Gasteiger partial charge in [-0.3, -0.25) is 9.35 Å². The number of carbonyl (C=O) groups is 1. The van der Waals surface area contributed by atoms with Crippen molar-refractivity contribution in [3.63, 3.8) is 0 Å². The van der Waals surface area contributed by atoms with E-state index in [0.29, 0.717) is 16.9 Å². The van der Waals surface area contributed by atoms with Gasteiger partial charge in [0.2, 0.25) is 4.34 Å². The molecule has 0 aliphatic rings. The van der Waals surface area contributed by atoms with Gasteiger partial charge >= 0.3 is 10.1 Å². The number of benzene rings is 1. The molecule has 0 radical (unpaired) electrons. The molecule has 0 aliphatic heterocycles. The molecule has 0 spiro atoms. The molecule has 0 saturated heterocycles. The average Bonchev–Trinajstić information content (AvgIpc) is 2.74. The Kier molecular flexibility index (Phi) is 3.29. The third-order valence-corrected chi connectivity index (χ3v) is 4.56. The number of hydrogen-bond donors (Lipinski definition) is 1. The highest BCUT2D eigenvalue weighted by Gasteiger charge is 2.22. The van der Waals surface area contributed by atoms with E-state index in [9.17, 15) is 13.2 Å². The molecule has 5 nitrogen and oxygen atoms in total. The van der Waals surface area contributed by atoms with E-state index in [-0.39, 0.29) is 16.4 Å². The van der Waals surface area contributed by atoms with Crippen molar-refractivity contribution in [1.82, 2.24) is 4.98 Å². The molecule has 2 aromatic rings. The largest absolute Gasteiger partial charge is 0.322 e. The number of nitrogens with zero attached hydrogens (tertiary/aromatic N) is 1. The summed E-state index contributed by atoms with van der Waals surface area (Å²) in [5, 5.41) is 0. The van der Waals surface area contributed by atoms with Crippen LogP contribution in [0.5, 0.6) is 0 Å². The third-order valence-electron chi connectivity index (χ3n) is 2.20. The molecule has 94 valence electrons. The predicted octanol–water partition coefficient (Wildman–Crippen LogP) is 2.26. The van der Waals surface area contributed by atoms with Crippen LogP contribution in [0.2, 0.25) is 0 Å². The van der Waals surface area contributed by atoms with Gasteiger partial charge < -0.3 is 0 Å². The van der Waals surface area contributed by atoms with Crippen LogP contribution in [0.25, 0.3) is 11.3 Å². The molecule has 0 atom stereocenters. The first kappa shape index (κ1) is 12.9. The molecule has 0 saturated carbocycles. The smallest absolute Gasteiger partial charge is 0.294 e. The summed E-state index contributed by atoms with van der Waals surface area (Å²) in [6, 6.07) is 8.75. The highest BCUT2D eigenvalue weighted by atomic mass is 32.3. The summed E-state index contributed by atoms with van der Waals surface area (Å²) in [4.78, 5) is 15.5. The summed E-state index contributed by atoms with van der Waals surface area (Å²) < 4.78 is 30.6. The first-order valence-corrected chi connectivity index (χ1v) is 7.20. The lowest BCUT2D eigenvalue weighted by Gasteiger charge is -1.97. The zero-order chi connectivity index (χ0) is 13.3. The summed E-state index contributed by atoms with van der Waals surface area (Å²) >= 11 is 0.671. The zero-order valence-electron chi connectivity index (χ0n) is 9.32. The van der Waals surface area contributed by atoms with E-state index in [1.807, 2.05) is 0 Å². The standard InChI is InChI=1S/C11H9NO4S2/c1-7(13)10-9(8-5-3-2-4-6-8)12-11(17-10)18(14,15)16/h2-6H,1H3,(H,14,15,16). The van der Waals surface area contributed by atoms with Gasteiger partial charge in [0.1, 0.15) is 0 Å². The monoisotopic (exact) mass is 283 g/mol. The van der Waals surface area contributed by atoms with E-state index >= 15 is 0 Å². The number of carbonyl (C=O) groups excluding carboxylic acids is 1. The van der Waals surface area contributed by atoms with Crippen LogP contribution in [0, 0.1) is 0 Å². The van der Waals surface area contributed by atoms with Gasteiger partial charge in [-0.05, 0) is 0 Å². The maximum absolute atomic E-state index is 11.5. The summed E-state index contributed by atoms with van der Waals surface area (Å²) in [6.45, 7) is 1.33. The highest BCUT2D eigenvalue weighted by Crippen LogP contribution is 2.30. The van der Waals surface area contributed by atoms with Crippen LogP contribution in [0.15, 0.2) is 34.7 Å². The predicted molar refractivity (Wildman–Crippen MR) is 67.4 cm³/mol. The molecule has 0 fully saturated rings. The van der Waals surface area contributed by atoms with Gasteiger partial charge in [0.15, 0.2) is 5.78 Å². The highest BCUT2D eigenvalue weighted by molar-refractivity contribution is 7.88. The Morgan fingerprint density at radius 2 is 1.89 bits per heavy atom. The molecule has 0 bridgehead atoms. The fourth-order valence-electron chi connectivity index (χ4n) is 1.44. The van der Waals surface area contributed by atoms with Crippen LogP contribution >= 0.6 is 11.3 Å². The lowest BCUT2D eigenvalue weighted by Crippen LogP contribution is -1.96. The topological polar surface area (TPSA) is 84.3 Å². The first-order chi connectivity index (χ1) is 8.39. The lowest BCUT2D eigenvalue weighted by atomic mass is 10.1. The van der Waals surface area contributed by atoms with Crippen molar-refractivity contribution in [2.24, 2.45) is 0 Å². The number of hydrogen-bond acceptors (Lipinski definition) is 5. The molecule has 0 amide bonds. The Balaban J connectivity index is 2.67. The second kappa shape index (κ2) is 4.60. The van der Waals surface area contributed by atoms with Gasteiger partial charge in [-0.15, -0.1) is 0 Å². The molecule has 7 heteroatoms. The summed E-state index contributed by atoms with van der Waals surface area (Å²) in [6.07, 6.45) is 0. The zero-order valence-corrected chi connectivity index (χ0v) is 11.0. The van der Waals surface area contributed by atoms with Crippen LogP contribution in [-0.2, 0) is 10.1 Å². The molecule has 1 aromatic heterocycles. The van der Waals surface area contributed by atoms with Crippen molar-refractivity contribution in [1.29, 1.82) is 0 Å². The van der Waals surface area contributed by atoms with Crippen molar-refractivity contribution < 1.29 is 17.8 Å². The Labute approximate surface area is 108 Å². The van der Waals surface area contributed by atoms with Crippen LogP contribution < -0.4 is 0 Å². The van der Waals surface area contributed by atoms with Crippen molar-refractivity contribution in [3.8, 4) is 11.3 Å². The van der Waals surface area contributed by atoms with E-state index in [1.54, 1.807) is 30.3 Å². The summed E-state index contributed by atoms with van der Waals surface area (Å²) in [5.41, 5.74) is 0.912. The minimum atomic E-state index is -4.39. The molecular weight excluding hydrogens is 274 g/mol. The van der Waals surface area contributed by atoms with Crippen molar-refractivity contribution >= 4 is 27.2 Å². The molecule has 18 heavy (non-hydrogen) atoms. The number of Topliss-reactive ketones (excluding diaryl/α,β-unsaturated/α-hetero) is 1. The van der Waals surface area contributed by atoms with Crippen molar-refractivity contribution in [2.75, 3.05) is 0 Å². The lowest BCUT2D eigenvalue weighted by molar-refractivity contribution is 0.102. The van der Waals surface area contributed by atoms with Gasteiger partial charge in [0.25, 0.3) is 0 Å². The second-order valence-electron chi connectivity index (χ2n) is 3.55. The molecule has 0 aliphatic carbocycles. The Morgan fingerprint density at radius 3 is 2.39 bits per heavy atom. The minimum absolute atomic E-state index is 0.217. The van der Waals surface area contributed by atoms with E-state index in [4.69, 9.17) is 4.55 Å². The van der Waals surface area contributed by atoms with E-state index in [2.05, 4.69) is 4.98 Å². The molecule has 1 heterocycles. The first-order valence-electron chi connectivity index (χ1n) is 4.94. The third kappa shape index (κ3) is 2.47. The second-order valence-corrected chi connectivity index (χ2v) is 6.15. The number of aromatic nitrogens is 1. The fourth-order valence-corrected chi connectivity index (χ4v) is 3.03. The number of ketones is 1. The van der Waals surface area contributed by atoms with Crippen molar-refractivity contribution in [3.05, 3.63) is 35.2 Å². The maximum atomic E-state index is 11.5.